The number of halogens is 1. The van der Waals surface area contributed by atoms with E-state index in [0.717, 1.165) is 0 Å². The van der Waals surface area contributed by atoms with Crippen molar-refractivity contribution in [3.8, 4) is 0 Å². The number of hydrogen-bond donors (Lipinski definition) is 1. The van der Waals surface area contributed by atoms with Gasteiger partial charge in [-0.1, -0.05) is 12.1 Å². The lowest BCUT2D eigenvalue weighted by Crippen LogP contribution is -2.17. The van der Waals surface area contributed by atoms with Crippen molar-refractivity contribution in [2.45, 2.75) is 0 Å². The molecular weight excluding hydrogens is 330 g/mol. The molecule has 2 rings (SSSR count). The highest BCUT2D eigenvalue weighted by Crippen LogP contribution is 2.16. The van der Waals surface area contributed by atoms with Crippen LogP contribution in [0, 0.1) is 10.1 Å². The molecular formula is C12H8BrN3O4. The molecule has 1 aromatic heterocycles. The number of nitrogens with one attached hydrogen (secondary N) is 1. The van der Waals surface area contributed by atoms with E-state index in [1.807, 2.05) is 0 Å². The van der Waals surface area contributed by atoms with E-state index in [1.54, 1.807) is 24.3 Å². The fourth-order valence-corrected chi connectivity index (χ4v) is 1.83. The third kappa shape index (κ3) is 3.29. The summed E-state index contributed by atoms with van der Waals surface area (Å²) >= 11 is 3.25. The second kappa shape index (κ2) is 6.11. The second-order valence-electron chi connectivity index (χ2n) is 3.61. The number of hydrogen-bond acceptors (Lipinski definition) is 5. The number of hydrazone groups is 1. The number of carbonyl (C=O) groups excluding carboxylic acids is 1. The molecule has 0 atom stereocenters. The van der Waals surface area contributed by atoms with Crippen molar-refractivity contribution in [3.63, 3.8) is 0 Å². The molecule has 8 heteroatoms. The fourth-order valence-electron chi connectivity index (χ4n) is 1.37. The van der Waals surface area contributed by atoms with Gasteiger partial charge in [-0.3, -0.25) is 14.9 Å². The lowest BCUT2D eigenvalue weighted by atomic mass is 10.2. The van der Waals surface area contributed by atoms with Gasteiger partial charge in [0.2, 0.25) is 0 Å². The second-order valence-corrected chi connectivity index (χ2v) is 4.47. The summed E-state index contributed by atoms with van der Waals surface area (Å²) in [5.41, 5.74) is 2.72. The number of furan rings is 1. The van der Waals surface area contributed by atoms with Gasteiger partial charge in [0.05, 0.1) is 17.8 Å². The minimum atomic E-state index is -0.656. The van der Waals surface area contributed by atoms with Gasteiger partial charge in [-0.2, -0.15) is 5.10 Å². The topological polar surface area (TPSA) is 97.7 Å². The normalized spacial score (nSPS) is 10.7. The van der Waals surface area contributed by atoms with Crippen LogP contribution in [0.15, 0.2) is 50.4 Å². The molecule has 0 aliphatic rings. The molecule has 20 heavy (non-hydrogen) atoms. The quantitative estimate of drug-likeness (QED) is 0.526. The highest BCUT2D eigenvalue weighted by Gasteiger charge is 2.11. The van der Waals surface area contributed by atoms with E-state index in [9.17, 15) is 14.9 Å². The smallest absolute Gasteiger partial charge is 0.400 e. The Bertz CT molecular complexity index is 681. The average molecular weight is 338 g/mol. The maximum absolute atomic E-state index is 11.8. The SMILES string of the molecule is O=C(NN=Cc1ccc([N+](=O)[O-])o1)c1ccccc1Br. The molecule has 1 amide bonds. The molecule has 0 radical (unpaired) electrons. The Morgan fingerprint density at radius 3 is 2.75 bits per heavy atom. The molecule has 0 bridgehead atoms. The van der Waals surface area contributed by atoms with E-state index >= 15 is 0 Å². The summed E-state index contributed by atoms with van der Waals surface area (Å²) in [6, 6.07) is 9.45. The summed E-state index contributed by atoms with van der Waals surface area (Å²) in [6.45, 7) is 0. The molecule has 1 aromatic carbocycles. The Morgan fingerprint density at radius 1 is 1.35 bits per heavy atom. The molecule has 0 saturated heterocycles. The van der Waals surface area contributed by atoms with Crippen LogP contribution in [0.3, 0.4) is 0 Å². The molecule has 0 aliphatic carbocycles. The molecule has 0 aliphatic heterocycles. The standard InChI is InChI=1S/C12H8BrN3O4/c13-10-4-2-1-3-9(10)12(17)15-14-7-8-5-6-11(20-8)16(18)19/h1-7H,(H,15,17). The van der Waals surface area contributed by atoms with Crippen LogP contribution in [0.5, 0.6) is 0 Å². The van der Waals surface area contributed by atoms with Gasteiger partial charge in [0, 0.05) is 4.47 Å². The van der Waals surface area contributed by atoms with E-state index < -0.39 is 10.8 Å². The van der Waals surface area contributed by atoms with Gasteiger partial charge in [-0.05, 0) is 34.1 Å². The molecule has 0 spiro atoms. The zero-order valence-electron chi connectivity index (χ0n) is 9.95. The zero-order chi connectivity index (χ0) is 14.5. The van der Waals surface area contributed by atoms with E-state index in [1.165, 1.54) is 18.3 Å². The van der Waals surface area contributed by atoms with Gasteiger partial charge in [0.1, 0.15) is 4.92 Å². The Balaban J connectivity index is 2.01. The van der Waals surface area contributed by atoms with Crippen LogP contribution in [0.2, 0.25) is 0 Å². The van der Waals surface area contributed by atoms with Gasteiger partial charge in [-0.15, -0.1) is 0 Å². The molecule has 102 valence electrons. The molecule has 0 fully saturated rings. The van der Waals surface area contributed by atoms with Crippen LogP contribution in [-0.2, 0) is 0 Å². The largest absolute Gasteiger partial charge is 0.433 e. The van der Waals surface area contributed by atoms with Crippen LogP contribution in [-0.4, -0.2) is 17.0 Å². The molecule has 0 unspecified atom stereocenters. The number of amides is 1. The molecule has 1 N–H and O–H groups in total. The lowest BCUT2D eigenvalue weighted by Gasteiger charge is -2.01. The highest BCUT2D eigenvalue weighted by atomic mass is 79.9. The zero-order valence-corrected chi connectivity index (χ0v) is 11.5. The summed E-state index contributed by atoms with van der Waals surface area (Å²) in [7, 11) is 0. The molecule has 0 saturated carbocycles. The molecule has 7 nitrogen and oxygen atoms in total. The first-order valence-electron chi connectivity index (χ1n) is 5.40. The fraction of sp³-hybridized carbons (Fsp3) is 0. The Labute approximate surface area is 121 Å². The van der Waals surface area contributed by atoms with E-state index in [2.05, 4.69) is 26.5 Å². The van der Waals surface area contributed by atoms with E-state index in [-0.39, 0.29) is 11.6 Å². The van der Waals surface area contributed by atoms with Gasteiger partial charge < -0.3 is 4.42 Å². The first kappa shape index (κ1) is 13.9. The molecule has 2 aromatic rings. The third-order valence-corrected chi connectivity index (χ3v) is 2.96. The van der Waals surface area contributed by atoms with E-state index in [0.29, 0.717) is 10.0 Å². The van der Waals surface area contributed by atoms with Crippen molar-refractivity contribution in [2.24, 2.45) is 5.10 Å². The van der Waals surface area contributed by atoms with Crippen molar-refractivity contribution in [2.75, 3.05) is 0 Å². The summed E-state index contributed by atoms with van der Waals surface area (Å²) in [4.78, 5) is 21.5. The van der Waals surface area contributed by atoms with Crippen molar-refractivity contribution in [1.82, 2.24) is 5.43 Å². The van der Waals surface area contributed by atoms with Crippen LogP contribution in [0.25, 0.3) is 0 Å². The highest BCUT2D eigenvalue weighted by molar-refractivity contribution is 9.10. The number of nitro groups is 1. The number of carbonyl (C=O) groups is 1. The van der Waals surface area contributed by atoms with Crippen molar-refractivity contribution in [3.05, 3.63) is 62.3 Å². The minimum Gasteiger partial charge on any atom is -0.400 e. The minimum absolute atomic E-state index is 0.170. The summed E-state index contributed by atoms with van der Waals surface area (Å²) < 4.78 is 5.49. The maximum Gasteiger partial charge on any atom is 0.433 e. The maximum atomic E-state index is 11.8. The predicted molar refractivity (Wildman–Crippen MR) is 74.6 cm³/mol. The van der Waals surface area contributed by atoms with Crippen molar-refractivity contribution in [1.29, 1.82) is 0 Å². The van der Waals surface area contributed by atoms with Crippen LogP contribution >= 0.6 is 15.9 Å². The predicted octanol–water partition coefficient (Wildman–Crippen LogP) is 2.71. The van der Waals surface area contributed by atoms with Gasteiger partial charge >= 0.3 is 5.88 Å². The third-order valence-electron chi connectivity index (χ3n) is 2.27. The Hall–Kier alpha value is -2.48. The monoisotopic (exact) mass is 337 g/mol. The lowest BCUT2D eigenvalue weighted by molar-refractivity contribution is -0.402. The summed E-state index contributed by atoms with van der Waals surface area (Å²) in [6.07, 6.45) is 1.18. The number of nitrogens with zero attached hydrogens (tertiary/aromatic N) is 2. The summed E-state index contributed by atoms with van der Waals surface area (Å²) in [5.74, 6) is -0.623. The Morgan fingerprint density at radius 2 is 2.10 bits per heavy atom. The average Bonchev–Trinajstić information content (AvgIpc) is 2.88. The number of benzene rings is 1. The van der Waals surface area contributed by atoms with Gasteiger partial charge in [0.15, 0.2) is 5.76 Å². The van der Waals surface area contributed by atoms with Crippen LogP contribution < -0.4 is 5.43 Å². The first-order valence-corrected chi connectivity index (χ1v) is 6.19. The Kier molecular flexibility index (Phi) is 4.26. The summed E-state index contributed by atoms with van der Waals surface area (Å²) in [5, 5.41) is 14.1. The molecule has 1 heterocycles. The first-order chi connectivity index (χ1) is 9.58. The van der Waals surface area contributed by atoms with Gasteiger partial charge in [0.25, 0.3) is 5.91 Å². The van der Waals surface area contributed by atoms with Crippen molar-refractivity contribution < 1.29 is 14.1 Å². The van der Waals surface area contributed by atoms with Crippen LogP contribution in [0.1, 0.15) is 16.1 Å². The van der Waals surface area contributed by atoms with Gasteiger partial charge in [-0.25, -0.2) is 5.43 Å². The van der Waals surface area contributed by atoms with Crippen molar-refractivity contribution >= 4 is 33.9 Å². The van der Waals surface area contributed by atoms with E-state index in [4.69, 9.17) is 4.42 Å². The van der Waals surface area contributed by atoms with Crippen LogP contribution in [0.4, 0.5) is 5.88 Å². The number of rotatable bonds is 4.